The third-order valence-electron chi connectivity index (χ3n) is 4.42. The predicted octanol–water partition coefficient (Wildman–Crippen LogP) is 3.52. The van der Waals surface area contributed by atoms with Gasteiger partial charge in [0.1, 0.15) is 5.76 Å². The summed E-state index contributed by atoms with van der Waals surface area (Å²) in [6.45, 7) is 1.64. The van der Waals surface area contributed by atoms with Gasteiger partial charge in [-0.3, -0.25) is 0 Å². The Balaban J connectivity index is 1.67. The fourth-order valence-electron chi connectivity index (χ4n) is 3.13. The van der Waals surface area contributed by atoms with Crippen molar-refractivity contribution in [3.8, 4) is 0 Å². The van der Waals surface area contributed by atoms with Gasteiger partial charge in [-0.15, -0.1) is 0 Å². The molecule has 0 saturated heterocycles. The van der Waals surface area contributed by atoms with Crippen LogP contribution in [0.15, 0.2) is 47.1 Å². The van der Waals surface area contributed by atoms with Gasteiger partial charge in [0, 0.05) is 32.2 Å². The zero-order valence-corrected chi connectivity index (χ0v) is 14.0. The van der Waals surface area contributed by atoms with Crippen LogP contribution in [0, 0.1) is 0 Å². The first kappa shape index (κ1) is 16.6. The minimum atomic E-state index is -0.0602. The maximum Gasteiger partial charge on any atom is 0.318 e. The van der Waals surface area contributed by atoms with Gasteiger partial charge in [0.05, 0.1) is 18.9 Å². The largest absolute Gasteiger partial charge is 0.469 e. The Morgan fingerprint density at radius 3 is 2.96 bits per heavy atom. The summed E-state index contributed by atoms with van der Waals surface area (Å²) in [6, 6.07) is 11.9. The van der Waals surface area contributed by atoms with Crippen molar-refractivity contribution < 1.29 is 13.9 Å². The molecule has 0 spiro atoms. The van der Waals surface area contributed by atoms with Crippen LogP contribution in [-0.2, 0) is 17.7 Å². The van der Waals surface area contributed by atoms with Gasteiger partial charge in [-0.2, -0.15) is 0 Å². The van der Waals surface area contributed by atoms with Gasteiger partial charge >= 0.3 is 6.03 Å². The molecule has 3 rings (SSSR count). The molecule has 0 saturated carbocycles. The van der Waals surface area contributed by atoms with Crippen LogP contribution < -0.4 is 5.32 Å². The lowest BCUT2D eigenvalue weighted by molar-refractivity contribution is 0.144. The quantitative estimate of drug-likeness (QED) is 0.883. The molecule has 0 radical (unpaired) electrons. The molecule has 5 heteroatoms. The van der Waals surface area contributed by atoms with E-state index in [4.69, 9.17) is 9.15 Å². The van der Waals surface area contributed by atoms with Gasteiger partial charge in [-0.05, 0) is 24.5 Å². The highest BCUT2D eigenvalue weighted by molar-refractivity contribution is 5.74. The zero-order valence-electron chi connectivity index (χ0n) is 14.0. The number of amides is 2. The molecule has 2 amide bonds. The molecule has 1 aliphatic rings. The number of benzene rings is 1. The van der Waals surface area contributed by atoms with Crippen molar-refractivity contribution in [2.24, 2.45) is 0 Å². The molecule has 5 nitrogen and oxygen atoms in total. The number of carbonyl (C=O) groups excluding carboxylic acids is 1. The Morgan fingerprint density at radius 1 is 1.33 bits per heavy atom. The van der Waals surface area contributed by atoms with E-state index in [9.17, 15) is 4.79 Å². The van der Waals surface area contributed by atoms with Crippen molar-refractivity contribution >= 4 is 6.03 Å². The number of carbonyl (C=O) groups is 1. The van der Waals surface area contributed by atoms with Crippen molar-refractivity contribution in [3.63, 3.8) is 0 Å². The number of furan rings is 1. The maximum atomic E-state index is 12.8. The lowest BCUT2D eigenvalue weighted by atomic mass is 9.93. The van der Waals surface area contributed by atoms with E-state index in [1.165, 1.54) is 0 Å². The van der Waals surface area contributed by atoms with Crippen LogP contribution >= 0.6 is 0 Å². The van der Waals surface area contributed by atoms with Crippen LogP contribution in [0.4, 0.5) is 4.79 Å². The Hall–Kier alpha value is -2.27. The molecule has 128 valence electrons. The molecule has 0 bridgehead atoms. The van der Waals surface area contributed by atoms with Crippen molar-refractivity contribution in [2.75, 3.05) is 20.3 Å². The van der Waals surface area contributed by atoms with Gasteiger partial charge in [0.15, 0.2) is 0 Å². The Bertz CT molecular complexity index is 654. The van der Waals surface area contributed by atoms with Gasteiger partial charge < -0.3 is 19.4 Å². The molecule has 0 aliphatic heterocycles. The van der Waals surface area contributed by atoms with Crippen molar-refractivity contribution in [2.45, 2.75) is 31.8 Å². The first-order valence-corrected chi connectivity index (χ1v) is 8.42. The van der Waals surface area contributed by atoms with E-state index < -0.39 is 0 Å². The van der Waals surface area contributed by atoms with Gasteiger partial charge in [0.25, 0.3) is 0 Å². The van der Waals surface area contributed by atoms with Gasteiger partial charge in [-0.1, -0.05) is 30.3 Å². The van der Waals surface area contributed by atoms with Crippen molar-refractivity contribution in [1.29, 1.82) is 0 Å². The van der Waals surface area contributed by atoms with Crippen LogP contribution in [0.2, 0.25) is 0 Å². The lowest BCUT2D eigenvalue weighted by Gasteiger charge is -2.28. The first-order chi connectivity index (χ1) is 11.8. The normalized spacial score (nSPS) is 16.5. The highest BCUT2D eigenvalue weighted by Gasteiger charge is 2.25. The Labute approximate surface area is 142 Å². The number of fused-ring (bicyclic) bond motifs is 1. The summed E-state index contributed by atoms with van der Waals surface area (Å²) < 4.78 is 10.7. The number of hydrogen-bond acceptors (Lipinski definition) is 3. The number of nitrogens with one attached hydrogen (secondary N) is 1. The standard InChI is InChI=1S/C19H24N2O3/c1-23-13-11-21(14-15-6-3-2-4-7-15)19(22)20-17-8-5-9-18-16(17)10-12-24-18/h2-4,6-7,10,12,17H,5,8-9,11,13-14H2,1H3,(H,20,22). The summed E-state index contributed by atoms with van der Waals surface area (Å²) in [5.74, 6) is 0.998. The zero-order chi connectivity index (χ0) is 16.8. The average Bonchev–Trinajstić information content (AvgIpc) is 3.09. The van der Waals surface area contributed by atoms with Crippen LogP contribution in [0.1, 0.15) is 35.8 Å². The molecule has 1 unspecified atom stereocenters. The van der Waals surface area contributed by atoms with E-state index in [-0.39, 0.29) is 12.1 Å². The van der Waals surface area contributed by atoms with E-state index in [1.807, 2.05) is 36.4 Å². The van der Waals surface area contributed by atoms with E-state index in [1.54, 1.807) is 18.3 Å². The highest BCUT2D eigenvalue weighted by atomic mass is 16.5. The van der Waals surface area contributed by atoms with Gasteiger partial charge in [-0.25, -0.2) is 4.79 Å². The minimum absolute atomic E-state index is 0.0285. The second-order valence-electron chi connectivity index (χ2n) is 6.09. The summed E-state index contributed by atoms with van der Waals surface area (Å²) in [5, 5.41) is 3.16. The second kappa shape index (κ2) is 8.02. The molecule has 0 fully saturated rings. The van der Waals surface area contributed by atoms with Crippen molar-refractivity contribution in [3.05, 3.63) is 59.5 Å². The fourth-order valence-corrected chi connectivity index (χ4v) is 3.13. The molecule has 2 aromatic rings. The number of methoxy groups -OCH3 is 1. The van der Waals surface area contributed by atoms with E-state index in [0.717, 1.165) is 36.1 Å². The van der Waals surface area contributed by atoms with E-state index in [0.29, 0.717) is 19.7 Å². The van der Waals surface area contributed by atoms with Crippen LogP contribution in [0.5, 0.6) is 0 Å². The lowest BCUT2D eigenvalue weighted by Crippen LogP contribution is -2.43. The highest BCUT2D eigenvalue weighted by Crippen LogP contribution is 2.30. The number of hydrogen-bond donors (Lipinski definition) is 1. The topological polar surface area (TPSA) is 54.7 Å². The van der Waals surface area contributed by atoms with E-state index in [2.05, 4.69) is 5.32 Å². The Kier molecular flexibility index (Phi) is 5.54. The molecule has 1 atom stereocenters. The number of nitrogens with zero attached hydrogens (tertiary/aromatic N) is 1. The predicted molar refractivity (Wildman–Crippen MR) is 91.6 cm³/mol. The summed E-state index contributed by atoms with van der Waals surface area (Å²) in [5.41, 5.74) is 2.22. The molecular weight excluding hydrogens is 304 g/mol. The molecule has 1 aromatic carbocycles. The van der Waals surface area contributed by atoms with Crippen LogP contribution in [0.3, 0.4) is 0 Å². The first-order valence-electron chi connectivity index (χ1n) is 8.42. The third kappa shape index (κ3) is 3.97. The maximum absolute atomic E-state index is 12.8. The number of aryl methyl sites for hydroxylation is 1. The molecule has 1 aromatic heterocycles. The number of urea groups is 1. The fraction of sp³-hybridized carbons (Fsp3) is 0.421. The molecule has 24 heavy (non-hydrogen) atoms. The summed E-state index contributed by atoms with van der Waals surface area (Å²) >= 11 is 0. The van der Waals surface area contributed by atoms with Crippen LogP contribution in [0.25, 0.3) is 0 Å². The SMILES string of the molecule is COCCN(Cc1ccccc1)C(=O)NC1CCCc2occc21. The molecule has 1 aliphatic carbocycles. The molecule has 1 heterocycles. The van der Waals surface area contributed by atoms with Gasteiger partial charge in [0.2, 0.25) is 0 Å². The average molecular weight is 328 g/mol. The number of rotatable bonds is 6. The summed E-state index contributed by atoms with van der Waals surface area (Å²) in [6.07, 6.45) is 4.64. The monoisotopic (exact) mass is 328 g/mol. The minimum Gasteiger partial charge on any atom is -0.469 e. The summed E-state index contributed by atoms with van der Waals surface area (Å²) in [7, 11) is 1.65. The Morgan fingerprint density at radius 2 is 2.17 bits per heavy atom. The van der Waals surface area contributed by atoms with Crippen LogP contribution in [-0.4, -0.2) is 31.2 Å². The molecular formula is C19H24N2O3. The summed E-state index contributed by atoms with van der Waals surface area (Å²) in [4.78, 5) is 14.6. The number of ether oxygens (including phenoxy) is 1. The smallest absolute Gasteiger partial charge is 0.318 e. The third-order valence-corrected chi connectivity index (χ3v) is 4.42. The second-order valence-corrected chi connectivity index (χ2v) is 6.09. The van der Waals surface area contributed by atoms with Crippen molar-refractivity contribution in [1.82, 2.24) is 10.2 Å². The molecule has 1 N–H and O–H groups in total. The van der Waals surface area contributed by atoms with E-state index >= 15 is 0 Å².